The van der Waals surface area contributed by atoms with Crippen molar-refractivity contribution in [3.63, 3.8) is 0 Å². The highest BCUT2D eigenvalue weighted by atomic mass is 19.1. The molecule has 200 valence electrons. The maximum atomic E-state index is 14.2. The smallest absolute Gasteiger partial charge is 0.310 e. The van der Waals surface area contributed by atoms with Gasteiger partial charge in [-0.2, -0.15) is 0 Å². The van der Waals surface area contributed by atoms with Gasteiger partial charge in [-0.3, -0.25) is 9.59 Å². The van der Waals surface area contributed by atoms with Gasteiger partial charge in [0.25, 0.3) is 0 Å². The lowest BCUT2D eigenvalue weighted by Gasteiger charge is -2.52. The quantitative estimate of drug-likeness (QED) is 0.355. The van der Waals surface area contributed by atoms with Gasteiger partial charge in [-0.1, -0.05) is 39.0 Å². The molecular formula is C28H32F2O7. The molecule has 0 unspecified atom stereocenters. The van der Waals surface area contributed by atoms with Crippen molar-refractivity contribution in [3.8, 4) is 0 Å². The molecule has 0 bridgehead atoms. The number of aliphatic hydroxyl groups is 4. The third kappa shape index (κ3) is 3.30. The first-order valence-electron chi connectivity index (χ1n) is 12.5. The minimum atomic E-state index is -2.00. The molecule has 0 radical (unpaired) electrons. The maximum Gasteiger partial charge on any atom is 0.310 e. The van der Waals surface area contributed by atoms with E-state index in [0.717, 1.165) is 12.1 Å². The number of ketones is 1. The number of carbonyl (C=O) groups is 2. The molecule has 8 atom stereocenters. The van der Waals surface area contributed by atoms with Crippen LogP contribution in [0.4, 0.5) is 8.78 Å². The van der Waals surface area contributed by atoms with Crippen molar-refractivity contribution in [3.05, 3.63) is 58.7 Å². The number of esters is 1. The van der Waals surface area contributed by atoms with Crippen LogP contribution in [0.15, 0.2) is 41.5 Å². The second-order valence-electron chi connectivity index (χ2n) is 11.8. The SMILES string of the molecule is CC1=C[C@H]2[C@@]3(O)[C@H](C)[C@@H](OC(=O)Cc4ccc(F)cc4F)[C@]4(O)[C@H]([C@@H]3C=C(CO)C[C@]2(O)C1=O)C4(C)C. The molecule has 4 aliphatic rings. The molecule has 0 aliphatic heterocycles. The number of hydrogen-bond donors (Lipinski definition) is 4. The van der Waals surface area contributed by atoms with Crippen LogP contribution in [-0.2, 0) is 20.7 Å². The first-order valence-corrected chi connectivity index (χ1v) is 12.5. The second-order valence-corrected chi connectivity index (χ2v) is 11.8. The maximum absolute atomic E-state index is 14.2. The molecule has 4 N–H and O–H groups in total. The normalized spacial score (nSPS) is 41.6. The molecule has 0 spiro atoms. The predicted molar refractivity (Wildman–Crippen MR) is 127 cm³/mol. The molecule has 0 amide bonds. The summed E-state index contributed by atoms with van der Waals surface area (Å²) in [6.45, 7) is 6.27. The predicted octanol–water partition coefficient (Wildman–Crippen LogP) is 2.00. The number of benzene rings is 1. The highest BCUT2D eigenvalue weighted by Gasteiger charge is 2.85. The molecule has 7 nitrogen and oxygen atoms in total. The van der Waals surface area contributed by atoms with E-state index in [1.165, 1.54) is 6.08 Å². The second kappa shape index (κ2) is 8.02. The standard InChI is InChI=1S/C28H32F2O7/c1-13-7-20-26(34,23(13)33)11-15(12-31)8-18-22-25(3,4)28(22,36)24(14(2)27(18,20)35)37-21(32)9-16-5-6-17(29)10-19(16)30/h5-8,10,14,18,20,22,24,31,34-36H,9,11-12H2,1-4H3/t14-,18+,20-,22-,24-,26-,27-,28-/m1/s1. The van der Waals surface area contributed by atoms with Gasteiger partial charge >= 0.3 is 5.97 Å². The van der Waals surface area contributed by atoms with E-state index in [-0.39, 0.29) is 17.6 Å². The largest absolute Gasteiger partial charge is 0.459 e. The number of hydrogen-bond acceptors (Lipinski definition) is 7. The zero-order valence-corrected chi connectivity index (χ0v) is 21.2. The third-order valence-electron chi connectivity index (χ3n) is 9.61. The van der Waals surface area contributed by atoms with Crippen molar-refractivity contribution in [1.82, 2.24) is 0 Å². The Morgan fingerprint density at radius 3 is 2.46 bits per heavy atom. The summed E-state index contributed by atoms with van der Waals surface area (Å²) < 4.78 is 33.2. The Kier molecular flexibility index (Phi) is 5.67. The molecule has 5 rings (SSSR count). The summed E-state index contributed by atoms with van der Waals surface area (Å²) in [7, 11) is 0. The fourth-order valence-electron chi connectivity index (χ4n) is 7.61. The summed E-state index contributed by atoms with van der Waals surface area (Å²) in [5.74, 6) is -6.55. The Morgan fingerprint density at radius 1 is 1.16 bits per heavy atom. The Bertz CT molecular complexity index is 1250. The first kappa shape index (κ1) is 26.2. The molecule has 2 saturated carbocycles. The number of halogens is 2. The summed E-state index contributed by atoms with van der Waals surface area (Å²) in [6, 6.07) is 2.83. The Balaban J connectivity index is 1.57. The molecule has 0 saturated heterocycles. The van der Waals surface area contributed by atoms with Gasteiger partial charge in [-0.25, -0.2) is 8.78 Å². The molecule has 0 heterocycles. The van der Waals surface area contributed by atoms with Gasteiger partial charge in [0.15, 0.2) is 5.78 Å². The summed E-state index contributed by atoms with van der Waals surface area (Å²) >= 11 is 0. The van der Waals surface area contributed by atoms with E-state index in [0.29, 0.717) is 11.6 Å². The topological polar surface area (TPSA) is 124 Å². The Morgan fingerprint density at radius 2 is 1.84 bits per heavy atom. The van der Waals surface area contributed by atoms with Crippen LogP contribution in [0, 0.1) is 40.7 Å². The average Bonchev–Trinajstić information content (AvgIpc) is 3.22. The molecular weight excluding hydrogens is 486 g/mol. The van der Waals surface area contributed by atoms with Gasteiger partial charge in [0.2, 0.25) is 0 Å². The Labute approximate surface area is 213 Å². The van der Waals surface area contributed by atoms with Crippen molar-refractivity contribution in [2.45, 2.75) is 63.4 Å². The number of ether oxygens (including phenoxy) is 1. The van der Waals surface area contributed by atoms with Crippen molar-refractivity contribution >= 4 is 11.8 Å². The van der Waals surface area contributed by atoms with E-state index in [9.17, 15) is 38.8 Å². The van der Waals surface area contributed by atoms with Gasteiger partial charge in [-0.05, 0) is 29.7 Å². The van der Waals surface area contributed by atoms with Crippen LogP contribution in [-0.4, -0.2) is 61.7 Å². The summed E-state index contributed by atoms with van der Waals surface area (Å²) in [6.07, 6.45) is 1.25. The van der Waals surface area contributed by atoms with Crippen LogP contribution in [0.1, 0.15) is 39.7 Å². The molecule has 9 heteroatoms. The van der Waals surface area contributed by atoms with Crippen LogP contribution in [0.5, 0.6) is 0 Å². The Hall–Kier alpha value is -2.46. The minimum absolute atomic E-state index is 0.0793. The lowest BCUT2D eigenvalue weighted by molar-refractivity contribution is -0.220. The monoisotopic (exact) mass is 518 g/mol. The molecule has 1 aromatic rings. The van der Waals surface area contributed by atoms with Crippen molar-refractivity contribution in [2.24, 2.45) is 29.1 Å². The van der Waals surface area contributed by atoms with Gasteiger partial charge in [0.05, 0.1) is 18.6 Å². The van der Waals surface area contributed by atoms with Gasteiger partial charge in [0, 0.05) is 41.6 Å². The summed E-state index contributed by atoms with van der Waals surface area (Å²) in [5, 5.41) is 45.9. The summed E-state index contributed by atoms with van der Waals surface area (Å²) in [5.41, 5.74) is -5.66. The van der Waals surface area contributed by atoms with E-state index in [2.05, 4.69) is 0 Å². The van der Waals surface area contributed by atoms with E-state index in [1.54, 1.807) is 33.8 Å². The first-order chi connectivity index (χ1) is 17.1. The number of carbonyl (C=O) groups excluding carboxylic acids is 2. The fourth-order valence-corrected chi connectivity index (χ4v) is 7.61. The minimum Gasteiger partial charge on any atom is -0.459 e. The lowest BCUT2D eigenvalue weighted by atomic mass is 9.59. The molecule has 2 fully saturated rings. The fraction of sp³-hybridized carbons (Fsp3) is 0.571. The molecule has 37 heavy (non-hydrogen) atoms. The molecule has 4 aliphatic carbocycles. The van der Waals surface area contributed by atoms with Crippen molar-refractivity contribution < 1.29 is 43.5 Å². The molecule has 1 aromatic carbocycles. The lowest BCUT2D eigenvalue weighted by Crippen LogP contribution is -2.65. The van der Waals surface area contributed by atoms with E-state index >= 15 is 0 Å². The van der Waals surface area contributed by atoms with E-state index in [4.69, 9.17) is 4.74 Å². The number of Topliss-reactive ketones (excluding diaryl/α,β-unsaturated/α-hetero) is 1. The number of fused-ring (bicyclic) bond motifs is 5. The van der Waals surface area contributed by atoms with Gasteiger partial charge < -0.3 is 25.2 Å². The average molecular weight is 519 g/mol. The zero-order valence-electron chi connectivity index (χ0n) is 21.2. The van der Waals surface area contributed by atoms with Gasteiger partial charge in [-0.15, -0.1) is 0 Å². The summed E-state index contributed by atoms with van der Waals surface area (Å²) in [4.78, 5) is 26.0. The highest BCUT2D eigenvalue weighted by molar-refractivity contribution is 6.04. The molecule has 0 aromatic heterocycles. The van der Waals surface area contributed by atoms with Crippen LogP contribution in [0.25, 0.3) is 0 Å². The number of aliphatic hydroxyl groups excluding tert-OH is 1. The van der Waals surface area contributed by atoms with Crippen molar-refractivity contribution in [2.75, 3.05) is 6.61 Å². The van der Waals surface area contributed by atoms with Gasteiger partial charge in [0.1, 0.15) is 28.9 Å². The van der Waals surface area contributed by atoms with E-state index in [1.807, 2.05) is 0 Å². The highest BCUT2D eigenvalue weighted by Crippen LogP contribution is 2.75. The van der Waals surface area contributed by atoms with Crippen molar-refractivity contribution in [1.29, 1.82) is 0 Å². The zero-order chi connectivity index (χ0) is 27.3. The van der Waals surface area contributed by atoms with E-state index < -0.39 is 88.4 Å². The van der Waals surface area contributed by atoms with Crippen LogP contribution in [0.2, 0.25) is 0 Å². The van der Waals surface area contributed by atoms with Crippen LogP contribution >= 0.6 is 0 Å². The third-order valence-corrected chi connectivity index (χ3v) is 9.61. The number of rotatable bonds is 4. The van der Waals surface area contributed by atoms with Crippen LogP contribution in [0.3, 0.4) is 0 Å². The van der Waals surface area contributed by atoms with Crippen LogP contribution < -0.4 is 0 Å².